The third-order valence-corrected chi connectivity index (χ3v) is 4.57. The van der Waals surface area contributed by atoms with Crippen LogP contribution in [0.1, 0.15) is 44.2 Å². The molecule has 23 heavy (non-hydrogen) atoms. The highest BCUT2D eigenvalue weighted by atomic mass is 32.1. The van der Waals surface area contributed by atoms with Crippen LogP contribution >= 0.6 is 11.3 Å². The van der Waals surface area contributed by atoms with Crippen molar-refractivity contribution in [3.8, 4) is 0 Å². The number of anilines is 1. The lowest BCUT2D eigenvalue weighted by molar-refractivity contribution is -0.119. The average molecular weight is 330 g/mol. The van der Waals surface area contributed by atoms with Crippen molar-refractivity contribution in [3.05, 3.63) is 29.3 Å². The fourth-order valence-corrected chi connectivity index (χ4v) is 2.93. The largest absolute Gasteiger partial charge is 0.299 e. The maximum Gasteiger partial charge on any atom is 0.252 e. The number of fused-ring (bicyclic) bond motifs is 1. The van der Waals surface area contributed by atoms with Gasteiger partial charge in [-0.15, -0.1) is 10.2 Å². The molecule has 2 aromatic heterocycles. The Morgan fingerprint density at radius 1 is 1.22 bits per heavy atom. The van der Waals surface area contributed by atoms with Crippen molar-refractivity contribution < 1.29 is 4.79 Å². The second-order valence-electron chi connectivity index (χ2n) is 5.52. The summed E-state index contributed by atoms with van der Waals surface area (Å²) in [6.07, 6.45) is 0.586. The summed E-state index contributed by atoms with van der Waals surface area (Å²) >= 11 is 1.39. The number of carbonyl (C=O) groups is 1. The van der Waals surface area contributed by atoms with Crippen molar-refractivity contribution >= 4 is 33.4 Å². The first kappa shape index (κ1) is 15.5. The molecule has 0 spiro atoms. The van der Waals surface area contributed by atoms with Gasteiger partial charge in [0, 0.05) is 5.92 Å². The summed E-state index contributed by atoms with van der Waals surface area (Å²) in [7, 11) is 0. The fraction of sp³-hybridized carbons (Fsp3) is 0.400. The van der Waals surface area contributed by atoms with Gasteiger partial charge in [0.1, 0.15) is 16.0 Å². The highest BCUT2D eigenvalue weighted by Gasteiger charge is 2.22. The summed E-state index contributed by atoms with van der Waals surface area (Å²) in [5, 5.41) is 21.1. The minimum atomic E-state index is -0.478. The first-order valence-electron chi connectivity index (χ1n) is 7.54. The number of hydrogen-bond acceptors (Lipinski definition) is 6. The van der Waals surface area contributed by atoms with Crippen LogP contribution in [0, 0.1) is 0 Å². The molecule has 3 aromatic rings. The Kier molecular flexibility index (Phi) is 4.33. The topological polar surface area (TPSA) is 85.6 Å². The number of carbonyl (C=O) groups excluding carboxylic acids is 1. The van der Waals surface area contributed by atoms with Crippen LogP contribution in [0.5, 0.6) is 0 Å². The molecule has 0 aliphatic heterocycles. The summed E-state index contributed by atoms with van der Waals surface area (Å²) in [4.78, 5) is 14.0. The molecule has 120 valence electrons. The monoisotopic (exact) mass is 330 g/mol. The highest BCUT2D eigenvalue weighted by molar-refractivity contribution is 7.15. The van der Waals surface area contributed by atoms with E-state index in [-0.39, 0.29) is 5.91 Å². The summed E-state index contributed by atoms with van der Waals surface area (Å²) < 4.78 is 0. The Bertz CT molecular complexity index is 791. The Balaban J connectivity index is 1.80. The Morgan fingerprint density at radius 3 is 2.39 bits per heavy atom. The summed E-state index contributed by atoms with van der Waals surface area (Å²) in [5.74, 6) is 0.109. The first-order chi connectivity index (χ1) is 11.1. The van der Waals surface area contributed by atoms with E-state index in [1.165, 1.54) is 16.1 Å². The molecular weight excluding hydrogens is 312 g/mol. The van der Waals surface area contributed by atoms with Gasteiger partial charge in [-0.2, -0.15) is 15.0 Å². The summed E-state index contributed by atoms with van der Waals surface area (Å²) in [6, 6.07) is 7.08. The van der Waals surface area contributed by atoms with Crippen LogP contribution in [0.4, 0.5) is 5.13 Å². The average Bonchev–Trinajstić information content (AvgIpc) is 3.14. The van der Waals surface area contributed by atoms with Crippen molar-refractivity contribution in [1.82, 2.24) is 25.2 Å². The van der Waals surface area contributed by atoms with Gasteiger partial charge in [-0.05, 0) is 18.6 Å². The molecule has 1 atom stereocenters. The number of nitrogens with one attached hydrogen (secondary N) is 1. The molecule has 3 rings (SSSR count). The van der Waals surface area contributed by atoms with Crippen LogP contribution in [0.25, 0.3) is 11.0 Å². The van der Waals surface area contributed by atoms with E-state index in [2.05, 4.69) is 25.7 Å². The summed E-state index contributed by atoms with van der Waals surface area (Å²) in [6.45, 7) is 6.01. The van der Waals surface area contributed by atoms with E-state index in [4.69, 9.17) is 0 Å². The number of hydrogen-bond donors (Lipinski definition) is 1. The fourth-order valence-electron chi connectivity index (χ4n) is 2.18. The van der Waals surface area contributed by atoms with Crippen molar-refractivity contribution in [3.63, 3.8) is 0 Å². The maximum atomic E-state index is 12.5. The quantitative estimate of drug-likeness (QED) is 0.777. The van der Waals surface area contributed by atoms with E-state index in [0.717, 1.165) is 16.0 Å². The predicted molar refractivity (Wildman–Crippen MR) is 89.5 cm³/mol. The zero-order chi connectivity index (χ0) is 16.4. The molecule has 1 N–H and O–H groups in total. The highest BCUT2D eigenvalue weighted by Crippen LogP contribution is 2.23. The van der Waals surface area contributed by atoms with Crippen LogP contribution in [0.3, 0.4) is 0 Å². The van der Waals surface area contributed by atoms with Crippen molar-refractivity contribution in [2.75, 3.05) is 5.32 Å². The van der Waals surface area contributed by atoms with Gasteiger partial charge in [0.2, 0.25) is 5.13 Å². The Hall–Kier alpha value is -2.35. The van der Waals surface area contributed by atoms with E-state index in [1.807, 2.05) is 45.0 Å². The molecule has 0 aliphatic carbocycles. The van der Waals surface area contributed by atoms with Gasteiger partial charge in [-0.3, -0.25) is 10.1 Å². The van der Waals surface area contributed by atoms with E-state index >= 15 is 0 Å². The smallest absolute Gasteiger partial charge is 0.252 e. The number of amides is 1. The van der Waals surface area contributed by atoms with Crippen LogP contribution in [-0.4, -0.2) is 31.1 Å². The van der Waals surface area contributed by atoms with Gasteiger partial charge >= 0.3 is 0 Å². The van der Waals surface area contributed by atoms with Crippen molar-refractivity contribution in [2.24, 2.45) is 0 Å². The Morgan fingerprint density at radius 2 is 1.87 bits per heavy atom. The third-order valence-electron chi connectivity index (χ3n) is 3.43. The summed E-state index contributed by atoms with van der Waals surface area (Å²) in [5.41, 5.74) is 1.55. The lowest BCUT2D eigenvalue weighted by Crippen LogP contribution is -2.27. The zero-order valence-corrected chi connectivity index (χ0v) is 14.0. The first-order valence-corrected chi connectivity index (χ1v) is 8.36. The van der Waals surface area contributed by atoms with Crippen LogP contribution in [0.2, 0.25) is 0 Å². The van der Waals surface area contributed by atoms with E-state index in [0.29, 0.717) is 17.5 Å². The van der Waals surface area contributed by atoms with Crippen molar-refractivity contribution in [1.29, 1.82) is 0 Å². The van der Waals surface area contributed by atoms with E-state index in [9.17, 15) is 4.79 Å². The number of rotatable bonds is 5. The standard InChI is InChI=1S/C15H18N6OS/c1-4-12(21-19-10-7-5-6-8-11(10)20-21)13(22)16-15-18-17-14(23-15)9(2)3/h5-9,12H,4H2,1-3H3,(H,16,18,22)/t12-/m1/s1. The molecule has 8 heteroatoms. The normalized spacial score (nSPS) is 12.7. The van der Waals surface area contributed by atoms with Gasteiger partial charge < -0.3 is 0 Å². The van der Waals surface area contributed by atoms with E-state index < -0.39 is 6.04 Å². The molecule has 1 amide bonds. The molecule has 0 saturated heterocycles. The van der Waals surface area contributed by atoms with Crippen LogP contribution in [0.15, 0.2) is 24.3 Å². The van der Waals surface area contributed by atoms with Gasteiger partial charge in [-0.25, -0.2) is 0 Å². The lowest BCUT2D eigenvalue weighted by atomic mass is 10.2. The van der Waals surface area contributed by atoms with Gasteiger partial charge in [0.25, 0.3) is 5.91 Å². The van der Waals surface area contributed by atoms with E-state index in [1.54, 1.807) is 0 Å². The molecule has 0 fully saturated rings. The lowest BCUT2D eigenvalue weighted by Gasteiger charge is -2.12. The van der Waals surface area contributed by atoms with Crippen LogP contribution in [-0.2, 0) is 4.79 Å². The zero-order valence-electron chi connectivity index (χ0n) is 13.2. The van der Waals surface area contributed by atoms with Gasteiger partial charge in [-0.1, -0.05) is 44.2 Å². The Labute approximate surface area is 137 Å². The third kappa shape index (κ3) is 3.21. The predicted octanol–water partition coefficient (Wildman–Crippen LogP) is 3.00. The minimum absolute atomic E-state index is 0.181. The van der Waals surface area contributed by atoms with Gasteiger partial charge in [0.05, 0.1) is 0 Å². The molecule has 2 heterocycles. The molecule has 1 aromatic carbocycles. The molecule has 7 nitrogen and oxygen atoms in total. The second-order valence-corrected chi connectivity index (χ2v) is 6.53. The van der Waals surface area contributed by atoms with Crippen LogP contribution < -0.4 is 5.32 Å². The molecule has 0 aliphatic rings. The molecule has 0 unspecified atom stereocenters. The molecule has 0 bridgehead atoms. The molecule has 0 saturated carbocycles. The number of benzene rings is 1. The minimum Gasteiger partial charge on any atom is -0.299 e. The molecular formula is C15H18N6OS. The molecule has 0 radical (unpaired) electrons. The second kappa shape index (κ2) is 6.41. The number of nitrogens with zero attached hydrogens (tertiary/aromatic N) is 5. The van der Waals surface area contributed by atoms with Crippen molar-refractivity contribution in [2.45, 2.75) is 39.2 Å². The maximum absolute atomic E-state index is 12.5. The van der Waals surface area contributed by atoms with Gasteiger partial charge in [0.15, 0.2) is 6.04 Å². The SMILES string of the molecule is CC[C@H](C(=O)Nc1nnc(C(C)C)s1)n1nc2ccccc2n1. The number of aromatic nitrogens is 5.